The topological polar surface area (TPSA) is 121 Å². The number of benzene rings is 2. The van der Waals surface area contributed by atoms with Crippen molar-refractivity contribution in [1.29, 1.82) is 0 Å². The largest absolute Gasteiger partial charge is 0.494 e. The van der Waals surface area contributed by atoms with E-state index in [1.165, 1.54) is 18.2 Å². The highest BCUT2D eigenvalue weighted by Gasteiger charge is 2.22. The number of amides is 1. The minimum atomic E-state index is -0.345. The van der Waals surface area contributed by atoms with Crippen LogP contribution in [0.2, 0.25) is 0 Å². The minimum absolute atomic E-state index is 0.0105. The van der Waals surface area contributed by atoms with Crippen LogP contribution in [0.15, 0.2) is 67.4 Å². The predicted molar refractivity (Wildman–Crippen MR) is 165 cm³/mol. The van der Waals surface area contributed by atoms with Gasteiger partial charge in [-0.1, -0.05) is 6.58 Å². The number of halogens is 1. The van der Waals surface area contributed by atoms with Gasteiger partial charge >= 0.3 is 0 Å². The lowest BCUT2D eigenvalue weighted by Gasteiger charge is -2.35. The smallest absolute Gasteiger partial charge is 0.247 e. The number of pyridine rings is 1. The van der Waals surface area contributed by atoms with Crippen molar-refractivity contribution < 1.29 is 19.0 Å². The first-order chi connectivity index (χ1) is 20.9. The van der Waals surface area contributed by atoms with Gasteiger partial charge in [0.1, 0.15) is 23.2 Å². The van der Waals surface area contributed by atoms with E-state index in [0.717, 1.165) is 37.6 Å². The summed E-state index contributed by atoms with van der Waals surface area (Å²) in [6.07, 6.45) is 3.90. The van der Waals surface area contributed by atoms with Gasteiger partial charge in [0.05, 0.1) is 29.9 Å². The number of aromatic nitrogens is 4. The van der Waals surface area contributed by atoms with Gasteiger partial charge in [-0.3, -0.25) is 9.36 Å². The van der Waals surface area contributed by atoms with Crippen molar-refractivity contribution in [3.05, 3.63) is 79.0 Å². The number of methoxy groups -OCH3 is 1. The molecule has 0 aliphatic carbocycles. The number of likely N-dealkylation sites (N-methyl/N-ethyl adjacent to an activating group) is 1. The molecule has 2 aromatic carbocycles. The zero-order valence-electron chi connectivity index (χ0n) is 24.3. The molecule has 0 unspecified atom stereocenters. The van der Waals surface area contributed by atoms with Crippen molar-refractivity contribution in [3.63, 3.8) is 0 Å². The van der Waals surface area contributed by atoms with Crippen LogP contribution in [0.25, 0.3) is 17.1 Å². The Hall–Kier alpha value is -4.81. The average Bonchev–Trinajstić information content (AvgIpc) is 3.45. The number of carbonyl (C=O) groups excluding carboxylic acids is 1. The molecular weight excluding hydrogens is 551 g/mol. The summed E-state index contributed by atoms with van der Waals surface area (Å²) in [5.41, 5.74) is 3.50. The second-order valence-corrected chi connectivity index (χ2v) is 10.2. The summed E-state index contributed by atoms with van der Waals surface area (Å²) in [7, 11) is 3.68. The molecule has 3 heterocycles. The molecule has 11 nitrogen and oxygen atoms in total. The summed E-state index contributed by atoms with van der Waals surface area (Å²) in [5, 5.41) is 24.5. The van der Waals surface area contributed by atoms with E-state index in [9.17, 15) is 14.3 Å². The Bertz CT molecular complexity index is 1580. The molecule has 43 heavy (non-hydrogen) atoms. The van der Waals surface area contributed by atoms with Gasteiger partial charge in [0, 0.05) is 63.1 Å². The number of hydrogen-bond acceptors (Lipinski definition) is 9. The fourth-order valence-electron chi connectivity index (χ4n) is 4.97. The lowest BCUT2D eigenvalue weighted by Crippen LogP contribution is -2.44. The van der Waals surface area contributed by atoms with Gasteiger partial charge in [-0.25, -0.2) is 9.37 Å². The number of anilines is 4. The van der Waals surface area contributed by atoms with E-state index in [-0.39, 0.29) is 18.3 Å². The SMILES string of the molecule is C=CC(=O)Nc1cc(Nc2cc(-n3c(CCCO)nnc3-c3ccc(F)cc3)ccn2)c(OC)cc1N1CCN(C)CC1. The van der Waals surface area contributed by atoms with Crippen LogP contribution in [0, 0.1) is 5.82 Å². The third-order valence-electron chi connectivity index (χ3n) is 7.26. The van der Waals surface area contributed by atoms with E-state index in [2.05, 4.69) is 49.2 Å². The van der Waals surface area contributed by atoms with E-state index in [1.54, 1.807) is 25.4 Å². The first-order valence-electron chi connectivity index (χ1n) is 14.0. The zero-order chi connectivity index (χ0) is 30.3. The molecule has 3 N–H and O–H groups in total. The van der Waals surface area contributed by atoms with Crippen molar-refractivity contribution in [2.75, 3.05) is 62.5 Å². The Kier molecular flexibility index (Phi) is 9.28. The number of carbonyl (C=O) groups is 1. The highest BCUT2D eigenvalue weighted by molar-refractivity contribution is 6.02. The molecular formula is C31H35FN8O3. The maximum Gasteiger partial charge on any atom is 0.247 e. The van der Waals surface area contributed by atoms with E-state index in [4.69, 9.17) is 4.74 Å². The molecule has 1 saturated heterocycles. The van der Waals surface area contributed by atoms with Crippen LogP contribution >= 0.6 is 0 Å². The molecule has 0 bridgehead atoms. The molecule has 1 fully saturated rings. The highest BCUT2D eigenvalue weighted by Crippen LogP contribution is 2.39. The average molecular weight is 587 g/mol. The molecule has 0 atom stereocenters. The zero-order valence-corrected chi connectivity index (χ0v) is 24.3. The van der Waals surface area contributed by atoms with Crippen LogP contribution in [0.3, 0.4) is 0 Å². The Morgan fingerprint density at radius 3 is 2.56 bits per heavy atom. The van der Waals surface area contributed by atoms with Crippen molar-refractivity contribution in [2.45, 2.75) is 12.8 Å². The maximum absolute atomic E-state index is 13.7. The number of nitrogens with one attached hydrogen (secondary N) is 2. The second kappa shape index (κ2) is 13.4. The third kappa shape index (κ3) is 6.82. The van der Waals surface area contributed by atoms with Gasteiger partial charge in [-0.05, 0) is 55.9 Å². The summed E-state index contributed by atoms with van der Waals surface area (Å²) in [5.74, 6) is 1.61. The molecule has 224 valence electrons. The van der Waals surface area contributed by atoms with Gasteiger partial charge in [0.25, 0.3) is 0 Å². The van der Waals surface area contributed by atoms with Gasteiger partial charge < -0.3 is 30.3 Å². The van der Waals surface area contributed by atoms with Crippen LogP contribution in [0.5, 0.6) is 5.75 Å². The third-order valence-corrected chi connectivity index (χ3v) is 7.26. The molecule has 5 rings (SSSR count). The number of ether oxygens (including phenoxy) is 1. The fourth-order valence-corrected chi connectivity index (χ4v) is 4.97. The summed E-state index contributed by atoms with van der Waals surface area (Å²) in [4.78, 5) is 21.4. The van der Waals surface area contributed by atoms with Gasteiger partial charge in [-0.2, -0.15) is 0 Å². The monoisotopic (exact) mass is 586 g/mol. The van der Waals surface area contributed by atoms with Crippen molar-refractivity contribution in [1.82, 2.24) is 24.6 Å². The number of piperazine rings is 1. The van der Waals surface area contributed by atoms with E-state index in [1.807, 2.05) is 28.8 Å². The Balaban J connectivity index is 1.52. The summed E-state index contributed by atoms with van der Waals surface area (Å²) in [6, 6.07) is 13.5. The molecule has 1 aliphatic heterocycles. The van der Waals surface area contributed by atoms with Crippen LogP contribution in [-0.4, -0.2) is 82.6 Å². The molecule has 0 spiro atoms. The van der Waals surface area contributed by atoms with E-state index in [0.29, 0.717) is 53.0 Å². The molecule has 1 aliphatic rings. The van der Waals surface area contributed by atoms with Crippen molar-refractivity contribution >= 4 is 28.8 Å². The number of nitrogens with zero attached hydrogens (tertiary/aromatic N) is 6. The van der Waals surface area contributed by atoms with E-state index < -0.39 is 0 Å². The van der Waals surface area contributed by atoms with Gasteiger partial charge in [-0.15, -0.1) is 10.2 Å². The predicted octanol–water partition coefficient (Wildman–Crippen LogP) is 4.02. The Morgan fingerprint density at radius 2 is 1.86 bits per heavy atom. The number of aliphatic hydroxyl groups is 1. The second-order valence-electron chi connectivity index (χ2n) is 10.2. The van der Waals surface area contributed by atoms with Crippen LogP contribution in [-0.2, 0) is 11.2 Å². The van der Waals surface area contributed by atoms with Crippen molar-refractivity contribution in [2.24, 2.45) is 0 Å². The molecule has 4 aromatic rings. The first-order valence-corrected chi connectivity index (χ1v) is 14.0. The molecule has 0 saturated carbocycles. The molecule has 0 radical (unpaired) electrons. The standard InChI is InChI=1S/C31H35FN8O3/c1-4-30(42)35-24-19-25(27(43-3)20-26(24)39-15-13-38(2)14-16-39)34-28-18-23(11-12-33-28)40-29(6-5-17-41)36-37-31(40)21-7-9-22(32)10-8-21/h4,7-12,18-20,41H,1,5-6,13-17H2,2-3H3,(H,33,34)(H,35,42). The first kappa shape index (κ1) is 29.7. The molecule has 2 aromatic heterocycles. The number of aliphatic hydroxyl groups excluding tert-OH is 1. The Labute approximate surface area is 249 Å². The van der Waals surface area contributed by atoms with E-state index >= 15 is 0 Å². The normalized spacial score (nSPS) is 13.5. The minimum Gasteiger partial charge on any atom is -0.494 e. The Morgan fingerprint density at radius 1 is 1.09 bits per heavy atom. The van der Waals surface area contributed by atoms with Gasteiger partial charge in [0.2, 0.25) is 5.91 Å². The lowest BCUT2D eigenvalue weighted by atomic mass is 10.1. The maximum atomic E-state index is 13.7. The summed E-state index contributed by atoms with van der Waals surface area (Å²) >= 11 is 0. The number of hydrogen-bond donors (Lipinski definition) is 3. The lowest BCUT2D eigenvalue weighted by molar-refractivity contribution is -0.111. The fraction of sp³-hybridized carbons (Fsp3) is 0.290. The van der Waals surface area contributed by atoms with Crippen LogP contribution in [0.1, 0.15) is 12.2 Å². The number of aryl methyl sites for hydroxylation is 1. The summed E-state index contributed by atoms with van der Waals surface area (Å²) in [6.45, 7) is 7.02. The van der Waals surface area contributed by atoms with Gasteiger partial charge in [0.15, 0.2) is 5.82 Å². The highest BCUT2D eigenvalue weighted by atomic mass is 19.1. The van der Waals surface area contributed by atoms with Crippen LogP contribution in [0.4, 0.5) is 27.3 Å². The quantitative estimate of drug-likeness (QED) is 0.224. The van der Waals surface area contributed by atoms with Crippen LogP contribution < -0.4 is 20.3 Å². The van der Waals surface area contributed by atoms with Crippen molar-refractivity contribution in [3.8, 4) is 22.8 Å². The molecule has 12 heteroatoms. The number of rotatable bonds is 11. The molecule has 1 amide bonds. The summed E-state index contributed by atoms with van der Waals surface area (Å²) < 4.78 is 21.3.